The van der Waals surface area contributed by atoms with Gasteiger partial charge < -0.3 is 30.7 Å². The number of aromatic hydroxyl groups is 1. The van der Waals surface area contributed by atoms with Crippen LogP contribution in [-0.4, -0.2) is 58.9 Å². The van der Waals surface area contributed by atoms with E-state index >= 15 is 0 Å². The molecule has 0 spiro atoms. The lowest BCUT2D eigenvalue weighted by Crippen LogP contribution is -2.51. The molecule has 9 nitrogen and oxygen atoms in total. The number of aryl methyl sites for hydroxylation is 2. The van der Waals surface area contributed by atoms with E-state index in [0.717, 1.165) is 11.1 Å². The minimum absolute atomic E-state index is 0.0396. The fourth-order valence-corrected chi connectivity index (χ4v) is 3.36. The molecule has 33 heavy (non-hydrogen) atoms. The van der Waals surface area contributed by atoms with Gasteiger partial charge in [0, 0.05) is 0 Å². The maximum atomic E-state index is 12.6. The van der Waals surface area contributed by atoms with Gasteiger partial charge in [0.05, 0.1) is 19.6 Å². The Bertz CT molecular complexity index is 934. The summed E-state index contributed by atoms with van der Waals surface area (Å²) in [4.78, 5) is 35.5. The number of aliphatic carboxylic acids is 2. The van der Waals surface area contributed by atoms with Crippen molar-refractivity contribution in [1.29, 1.82) is 0 Å². The van der Waals surface area contributed by atoms with Crippen LogP contribution in [0.1, 0.15) is 30.4 Å². The molecular formula is C24H30N2O7. The van der Waals surface area contributed by atoms with Crippen LogP contribution in [0, 0.1) is 0 Å². The quantitative estimate of drug-likeness (QED) is 0.270. The van der Waals surface area contributed by atoms with Crippen molar-refractivity contribution in [2.45, 2.75) is 44.2 Å². The van der Waals surface area contributed by atoms with Crippen LogP contribution in [-0.2, 0) is 27.2 Å². The lowest BCUT2D eigenvalue weighted by atomic mass is 10.0. The maximum Gasteiger partial charge on any atom is 0.326 e. The molecule has 2 rings (SSSR count). The van der Waals surface area contributed by atoms with E-state index in [2.05, 4.69) is 10.6 Å². The fraction of sp³-hybridized carbons (Fsp3) is 0.375. The van der Waals surface area contributed by atoms with E-state index < -0.39 is 36.4 Å². The van der Waals surface area contributed by atoms with Crippen LogP contribution < -0.4 is 15.4 Å². The molecular weight excluding hydrogens is 428 g/mol. The van der Waals surface area contributed by atoms with E-state index in [1.54, 1.807) is 12.1 Å². The van der Waals surface area contributed by atoms with Gasteiger partial charge in [-0.15, -0.1) is 0 Å². The number of methoxy groups -OCH3 is 1. The van der Waals surface area contributed by atoms with Crippen LogP contribution in [0.3, 0.4) is 0 Å². The molecule has 2 aromatic rings. The number of rotatable bonds is 14. The number of carboxylic acid groups (broad SMARTS) is 2. The molecule has 0 aliphatic carbocycles. The molecule has 178 valence electrons. The lowest BCUT2D eigenvalue weighted by molar-refractivity contribution is -0.143. The van der Waals surface area contributed by atoms with Crippen molar-refractivity contribution in [3.8, 4) is 11.5 Å². The highest BCUT2D eigenvalue weighted by atomic mass is 16.5. The summed E-state index contributed by atoms with van der Waals surface area (Å²) in [5.74, 6) is -2.60. The summed E-state index contributed by atoms with van der Waals surface area (Å²) < 4.78 is 5.08. The van der Waals surface area contributed by atoms with Gasteiger partial charge in [0.25, 0.3) is 0 Å². The van der Waals surface area contributed by atoms with Gasteiger partial charge in [-0.25, -0.2) is 4.79 Å². The number of ether oxygens (including phenoxy) is 1. The van der Waals surface area contributed by atoms with E-state index in [-0.39, 0.29) is 12.2 Å². The number of hydrogen-bond donors (Lipinski definition) is 5. The number of carbonyl (C=O) groups is 3. The molecule has 0 saturated heterocycles. The normalized spacial score (nSPS) is 12.5. The molecule has 0 bridgehead atoms. The predicted molar refractivity (Wildman–Crippen MR) is 121 cm³/mol. The van der Waals surface area contributed by atoms with Gasteiger partial charge in [0.1, 0.15) is 6.04 Å². The van der Waals surface area contributed by atoms with Crippen LogP contribution in [0.15, 0.2) is 48.5 Å². The molecule has 2 aromatic carbocycles. The second-order valence-corrected chi connectivity index (χ2v) is 7.64. The van der Waals surface area contributed by atoms with Gasteiger partial charge in [-0.2, -0.15) is 0 Å². The van der Waals surface area contributed by atoms with E-state index in [1.807, 2.05) is 30.3 Å². The van der Waals surface area contributed by atoms with E-state index in [0.29, 0.717) is 31.6 Å². The van der Waals surface area contributed by atoms with Crippen LogP contribution in [0.2, 0.25) is 0 Å². The summed E-state index contributed by atoms with van der Waals surface area (Å²) in [5, 5.41) is 33.7. The average Bonchev–Trinajstić information content (AvgIpc) is 2.79. The number of benzene rings is 2. The zero-order valence-corrected chi connectivity index (χ0v) is 18.5. The third kappa shape index (κ3) is 8.82. The first-order valence-corrected chi connectivity index (χ1v) is 10.7. The standard InChI is InChI=1S/C24H30N2O7/c1-33-21-14-17(10-12-20(21)27)8-5-13-25-19(15-22(28)29)23(30)26-18(24(31)32)11-9-16-6-3-2-4-7-16/h2-4,6-7,10,12,14,18-19,25,27H,5,8-9,11,13,15H2,1H3,(H,26,30)(H,28,29)(H,31,32)/t18?,19-/m0/s1. The van der Waals surface area contributed by atoms with Crippen molar-refractivity contribution in [3.63, 3.8) is 0 Å². The summed E-state index contributed by atoms with van der Waals surface area (Å²) >= 11 is 0. The summed E-state index contributed by atoms with van der Waals surface area (Å²) in [6.45, 7) is 0.344. The van der Waals surface area contributed by atoms with Crippen LogP contribution in [0.5, 0.6) is 11.5 Å². The third-order valence-electron chi connectivity index (χ3n) is 5.15. The molecule has 0 aliphatic heterocycles. The van der Waals surface area contributed by atoms with Crippen molar-refractivity contribution in [3.05, 3.63) is 59.7 Å². The highest BCUT2D eigenvalue weighted by Crippen LogP contribution is 2.26. The van der Waals surface area contributed by atoms with Gasteiger partial charge in [-0.05, 0) is 55.5 Å². The fourth-order valence-electron chi connectivity index (χ4n) is 3.36. The minimum atomic E-state index is -1.17. The van der Waals surface area contributed by atoms with E-state index in [4.69, 9.17) is 4.74 Å². The second-order valence-electron chi connectivity index (χ2n) is 7.64. The van der Waals surface area contributed by atoms with Crippen molar-refractivity contribution in [2.75, 3.05) is 13.7 Å². The number of carboxylic acids is 2. The number of phenols is 1. The van der Waals surface area contributed by atoms with Gasteiger partial charge in [0.15, 0.2) is 11.5 Å². The maximum absolute atomic E-state index is 12.6. The Balaban J connectivity index is 1.90. The Morgan fingerprint density at radius 3 is 2.33 bits per heavy atom. The lowest BCUT2D eigenvalue weighted by Gasteiger charge is -2.20. The summed E-state index contributed by atoms with van der Waals surface area (Å²) in [6, 6.07) is 12.1. The van der Waals surface area contributed by atoms with Crippen LogP contribution in [0.25, 0.3) is 0 Å². The Morgan fingerprint density at radius 1 is 0.970 bits per heavy atom. The molecule has 0 heterocycles. The summed E-state index contributed by atoms with van der Waals surface area (Å²) in [5.41, 5.74) is 1.86. The molecule has 0 radical (unpaired) electrons. The van der Waals surface area contributed by atoms with E-state index in [9.17, 15) is 29.7 Å². The molecule has 9 heteroatoms. The largest absolute Gasteiger partial charge is 0.504 e. The molecule has 5 N–H and O–H groups in total. The Hall–Kier alpha value is -3.59. The van der Waals surface area contributed by atoms with Gasteiger partial charge >= 0.3 is 11.9 Å². The highest BCUT2D eigenvalue weighted by molar-refractivity contribution is 5.89. The third-order valence-corrected chi connectivity index (χ3v) is 5.15. The minimum Gasteiger partial charge on any atom is -0.504 e. The number of amides is 1. The number of carbonyl (C=O) groups excluding carboxylic acids is 1. The first-order chi connectivity index (χ1) is 15.8. The van der Waals surface area contributed by atoms with Crippen molar-refractivity contribution in [1.82, 2.24) is 10.6 Å². The summed E-state index contributed by atoms with van der Waals surface area (Å²) in [6.07, 6.45) is 1.39. The SMILES string of the molecule is COc1cc(CCCN[C@@H](CC(=O)O)C(=O)NC(CCc2ccccc2)C(=O)O)ccc1O. The smallest absolute Gasteiger partial charge is 0.326 e. The summed E-state index contributed by atoms with van der Waals surface area (Å²) in [7, 11) is 1.46. The van der Waals surface area contributed by atoms with Crippen molar-refractivity contribution in [2.24, 2.45) is 0 Å². The topological polar surface area (TPSA) is 145 Å². The highest BCUT2D eigenvalue weighted by Gasteiger charge is 2.26. The van der Waals surface area contributed by atoms with Gasteiger partial charge in [-0.1, -0.05) is 36.4 Å². The van der Waals surface area contributed by atoms with E-state index in [1.165, 1.54) is 13.2 Å². The number of hydrogen-bond acceptors (Lipinski definition) is 6. The zero-order valence-electron chi connectivity index (χ0n) is 18.5. The van der Waals surface area contributed by atoms with Crippen LogP contribution in [0.4, 0.5) is 0 Å². The predicted octanol–water partition coefficient (Wildman–Crippen LogP) is 1.97. The monoisotopic (exact) mass is 458 g/mol. The Morgan fingerprint density at radius 2 is 1.70 bits per heavy atom. The molecule has 0 aromatic heterocycles. The molecule has 0 saturated carbocycles. The molecule has 2 atom stereocenters. The van der Waals surface area contributed by atoms with Crippen molar-refractivity contribution < 1.29 is 34.4 Å². The first kappa shape index (κ1) is 25.7. The molecule has 1 unspecified atom stereocenters. The second kappa shape index (κ2) is 13.1. The Kier molecular flexibility index (Phi) is 10.2. The molecule has 1 amide bonds. The van der Waals surface area contributed by atoms with Crippen molar-refractivity contribution >= 4 is 17.8 Å². The molecule has 0 fully saturated rings. The Labute approximate surface area is 192 Å². The number of phenolic OH excluding ortho intramolecular Hbond substituents is 1. The van der Waals surface area contributed by atoms with Crippen LogP contribution >= 0.6 is 0 Å². The number of nitrogens with one attached hydrogen (secondary N) is 2. The molecule has 0 aliphatic rings. The average molecular weight is 459 g/mol. The first-order valence-electron chi connectivity index (χ1n) is 10.7. The zero-order chi connectivity index (χ0) is 24.2. The van der Waals surface area contributed by atoms with Gasteiger partial charge in [0.2, 0.25) is 5.91 Å². The van der Waals surface area contributed by atoms with Gasteiger partial charge in [-0.3, -0.25) is 9.59 Å².